The lowest BCUT2D eigenvalue weighted by molar-refractivity contribution is -0.119. The van der Waals surface area contributed by atoms with Gasteiger partial charge in [-0.05, 0) is 31.4 Å². The second-order valence-electron chi connectivity index (χ2n) is 7.54. The van der Waals surface area contributed by atoms with Gasteiger partial charge in [0.25, 0.3) is 5.92 Å². The molecule has 1 amide bonds. The molecule has 5 nitrogen and oxygen atoms in total. The van der Waals surface area contributed by atoms with Gasteiger partial charge in [-0.1, -0.05) is 12.2 Å². The Morgan fingerprint density at radius 1 is 1.38 bits per heavy atom. The van der Waals surface area contributed by atoms with Crippen molar-refractivity contribution in [3.8, 4) is 0 Å². The monoisotopic (exact) mass is 396 g/mol. The summed E-state index contributed by atoms with van der Waals surface area (Å²) in [5.74, 6) is -4.63. The van der Waals surface area contributed by atoms with Crippen LogP contribution in [0.2, 0.25) is 0 Å². The number of hydrogen-bond acceptors (Lipinski definition) is 4. The summed E-state index contributed by atoms with van der Waals surface area (Å²) in [5.41, 5.74) is 3.82. The summed E-state index contributed by atoms with van der Waals surface area (Å²) in [6.45, 7) is 5.83. The molecule has 2 aromatic rings. The van der Waals surface area contributed by atoms with Crippen LogP contribution >= 0.6 is 0 Å². The van der Waals surface area contributed by atoms with Crippen molar-refractivity contribution in [3.63, 3.8) is 0 Å². The molecule has 1 aliphatic carbocycles. The molecular formula is C22H22F2N4O. The van der Waals surface area contributed by atoms with Crippen molar-refractivity contribution < 1.29 is 13.6 Å². The summed E-state index contributed by atoms with van der Waals surface area (Å²) in [6, 6.07) is 3.86. The van der Waals surface area contributed by atoms with E-state index < -0.39 is 24.2 Å². The molecule has 0 aromatic carbocycles. The molecule has 1 aliphatic heterocycles. The van der Waals surface area contributed by atoms with Gasteiger partial charge in [-0.25, -0.2) is 13.8 Å². The number of anilines is 1. The van der Waals surface area contributed by atoms with Gasteiger partial charge in [0.2, 0.25) is 5.91 Å². The van der Waals surface area contributed by atoms with Gasteiger partial charge >= 0.3 is 0 Å². The first-order chi connectivity index (χ1) is 13.9. The molecule has 1 fully saturated rings. The average molecular weight is 396 g/mol. The molecular weight excluding hydrogens is 374 g/mol. The highest BCUT2D eigenvalue weighted by Crippen LogP contribution is 2.49. The minimum atomic E-state index is -2.90. The van der Waals surface area contributed by atoms with E-state index in [1.807, 2.05) is 18.3 Å². The fourth-order valence-corrected chi connectivity index (χ4v) is 3.47. The smallest absolute Gasteiger partial charge is 0.260 e. The Bertz CT molecular complexity index is 1040. The predicted octanol–water partition coefficient (Wildman–Crippen LogP) is 4.45. The molecule has 0 radical (unpaired) electrons. The molecule has 0 spiro atoms. The maximum absolute atomic E-state index is 13.0. The highest BCUT2D eigenvalue weighted by Gasteiger charge is 2.61. The van der Waals surface area contributed by atoms with Crippen LogP contribution in [0.3, 0.4) is 0 Å². The van der Waals surface area contributed by atoms with Gasteiger partial charge in [0.15, 0.2) is 0 Å². The average Bonchev–Trinajstić information content (AvgIpc) is 3.34. The van der Waals surface area contributed by atoms with Crippen LogP contribution in [-0.4, -0.2) is 27.8 Å². The fraction of sp³-hybridized carbons (Fsp3) is 0.318. The lowest BCUT2D eigenvalue weighted by Crippen LogP contribution is -2.25. The molecule has 0 saturated heterocycles. The van der Waals surface area contributed by atoms with E-state index >= 15 is 0 Å². The number of allylic oxidation sites excluding steroid dienone is 3. The first kappa shape index (κ1) is 19.2. The van der Waals surface area contributed by atoms with Crippen LogP contribution in [-0.2, 0) is 4.79 Å². The number of carbonyl (C=O) groups excluding carboxylic acids is 1. The standard InChI is InChI=1S/C22H22F2N4O/c1-3-4-5-16-6-13(2)17(12-25-16)14-7-15-11-27-20(8-19(15)26-10-14)28-21(29)18-9-22(18,23)24/h3,6-8,10-12,16,18,25H,1,4-5,9H2,2H3,(H,27,28,29). The number of halogens is 2. The molecule has 4 rings (SSSR count). The molecule has 1 saturated carbocycles. The second kappa shape index (κ2) is 7.39. The Morgan fingerprint density at radius 2 is 2.17 bits per heavy atom. The SMILES string of the molecule is C=CCCC1C=C(C)C(c2cnc3cc(NC(=O)C4CC4(F)F)ncc3c2)=CN1. The Morgan fingerprint density at radius 3 is 2.86 bits per heavy atom. The largest absolute Gasteiger partial charge is 0.384 e. The summed E-state index contributed by atoms with van der Waals surface area (Å²) >= 11 is 0. The van der Waals surface area contributed by atoms with Gasteiger partial charge in [0, 0.05) is 53.6 Å². The van der Waals surface area contributed by atoms with Crippen LogP contribution in [0.5, 0.6) is 0 Å². The van der Waals surface area contributed by atoms with Crippen LogP contribution in [0.1, 0.15) is 31.7 Å². The second-order valence-corrected chi connectivity index (χ2v) is 7.54. The summed E-state index contributed by atoms with van der Waals surface area (Å²) in [5, 5.41) is 6.65. The molecule has 29 heavy (non-hydrogen) atoms. The van der Waals surface area contributed by atoms with Crippen molar-refractivity contribution in [2.24, 2.45) is 5.92 Å². The first-order valence-corrected chi connectivity index (χ1v) is 9.58. The van der Waals surface area contributed by atoms with Crippen molar-refractivity contribution in [2.45, 2.75) is 38.2 Å². The highest BCUT2D eigenvalue weighted by molar-refractivity contribution is 5.96. The fourth-order valence-electron chi connectivity index (χ4n) is 3.47. The van der Waals surface area contributed by atoms with E-state index in [0.29, 0.717) is 5.52 Å². The van der Waals surface area contributed by atoms with E-state index in [1.54, 1.807) is 18.5 Å². The van der Waals surface area contributed by atoms with Gasteiger partial charge < -0.3 is 10.6 Å². The highest BCUT2D eigenvalue weighted by atomic mass is 19.3. The van der Waals surface area contributed by atoms with Gasteiger partial charge in [0.05, 0.1) is 5.52 Å². The maximum Gasteiger partial charge on any atom is 0.260 e. The first-order valence-electron chi connectivity index (χ1n) is 9.58. The Labute approximate surface area is 167 Å². The number of hydrogen-bond donors (Lipinski definition) is 2. The van der Waals surface area contributed by atoms with Crippen molar-refractivity contribution >= 4 is 28.2 Å². The molecule has 0 bridgehead atoms. The number of carbonyl (C=O) groups is 1. The Balaban J connectivity index is 1.50. The zero-order valence-corrected chi connectivity index (χ0v) is 16.1. The van der Waals surface area contributed by atoms with Crippen LogP contribution in [0.15, 0.2) is 55.0 Å². The van der Waals surface area contributed by atoms with Crippen LogP contribution in [0.25, 0.3) is 16.5 Å². The normalized spacial score (nSPS) is 22.3. The van der Waals surface area contributed by atoms with Gasteiger partial charge in [-0.15, -0.1) is 6.58 Å². The number of pyridine rings is 2. The third kappa shape index (κ3) is 4.04. The number of rotatable bonds is 6. The van der Waals surface area contributed by atoms with Crippen LogP contribution in [0.4, 0.5) is 14.6 Å². The minimum Gasteiger partial charge on any atom is -0.384 e. The van der Waals surface area contributed by atoms with Crippen molar-refractivity contribution in [2.75, 3.05) is 5.32 Å². The van der Waals surface area contributed by atoms with Crippen LogP contribution in [0, 0.1) is 5.92 Å². The number of amides is 1. The van der Waals surface area contributed by atoms with Gasteiger partial charge in [-0.3, -0.25) is 9.78 Å². The molecule has 2 aromatic heterocycles. The van der Waals surface area contributed by atoms with E-state index in [-0.39, 0.29) is 11.9 Å². The number of nitrogens with zero attached hydrogens (tertiary/aromatic N) is 2. The van der Waals surface area contributed by atoms with E-state index in [1.165, 1.54) is 5.57 Å². The maximum atomic E-state index is 13.0. The Hall–Kier alpha value is -3.09. The molecule has 3 heterocycles. The lowest BCUT2D eigenvalue weighted by atomic mass is 9.95. The number of aromatic nitrogens is 2. The van der Waals surface area contributed by atoms with Crippen molar-refractivity contribution in [3.05, 3.63) is 60.6 Å². The molecule has 7 heteroatoms. The van der Waals surface area contributed by atoms with Crippen molar-refractivity contribution in [1.82, 2.24) is 15.3 Å². The lowest BCUT2D eigenvalue weighted by Gasteiger charge is -2.22. The summed E-state index contributed by atoms with van der Waals surface area (Å²) in [4.78, 5) is 20.5. The van der Waals surface area contributed by atoms with Crippen LogP contribution < -0.4 is 10.6 Å². The summed E-state index contributed by atoms with van der Waals surface area (Å²) < 4.78 is 26.1. The number of alkyl halides is 2. The zero-order valence-electron chi connectivity index (χ0n) is 16.1. The van der Waals surface area contributed by atoms with E-state index in [4.69, 9.17) is 0 Å². The molecule has 2 N–H and O–H groups in total. The quantitative estimate of drug-likeness (QED) is 0.708. The molecule has 2 atom stereocenters. The number of nitrogens with one attached hydrogen (secondary N) is 2. The topological polar surface area (TPSA) is 66.9 Å². The van der Waals surface area contributed by atoms with E-state index in [2.05, 4.69) is 40.2 Å². The Kier molecular flexibility index (Phi) is 4.90. The van der Waals surface area contributed by atoms with Crippen molar-refractivity contribution in [1.29, 1.82) is 0 Å². The third-order valence-corrected chi connectivity index (χ3v) is 5.27. The van der Waals surface area contributed by atoms with Gasteiger partial charge in [0.1, 0.15) is 11.7 Å². The number of dihydropyridines is 1. The van der Waals surface area contributed by atoms with Gasteiger partial charge in [-0.2, -0.15) is 0 Å². The summed E-state index contributed by atoms with van der Waals surface area (Å²) in [7, 11) is 0. The number of fused-ring (bicyclic) bond motifs is 1. The molecule has 150 valence electrons. The molecule has 2 aliphatic rings. The summed E-state index contributed by atoms with van der Waals surface area (Å²) in [6.07, 6.45) is 11.0. The van der Waals surface area contributed by atoms with E-state index in [9.17, 15) is 13.6 Å². The third-order valence-electron chi connectivity index (χ3n) is 5.27. The molecule has 2 unspecified atom stereocenters. The van der Waals surface area contributed by atoms with E-state index in [0.717, 1.165) is 29.4 Å². The zero-order chi connectivity index (χ0) is 20.6. The minimum absolute atomic E-state index is 0.227. The predicted molar refractivity (Wildman–Crippen MR) is 109 cm³/mol.